The first-order valence-corrected chi connectivity index (χ1v) is 11.3. The van der Waals surface area contributed by atoms with Gasteiger partial charge in [0.2, 0.25) is 5.82 Å². The summed E-state index contributed by atoms with van der Waals surface area (Å²) >= 11 is 0. The first-order valence-electron chi connectivity index (χ1n) is 11.3. The van der Waals surface area contributed by atoms with Crippen LogP contribution in [0.2, 0.25) is 0 Å². The molecular weight excluding hydrogens is 466 g/mol. The summed E-state index contributed by atoms with van der Waals surface area (Å²) in [6.45, 7) is 4.19. The molecule has 0 aliphatic carbocycles. The van der Waals surface area contributed by atoms with Gasteiger partial charge in [0.1, 0.15) is 17.4 Å². The van der Waals surface area contributed by atoms with E-state index in [1.54, 1.807) is 55.5 Å². The van der Waals surface area contributed by atoms with Crippen molar-refractivity contribution < 1.29 is 22.8 Å². The van der Waals surface area contributed by atoms with Crippen molar-refractivity contribution in [2.24, 2.45) is 0 Å². The standard InChI is InChI=1S/C27H22F2N4O3/c1-3-35-22-13-11-21(12-14-22)33-16(2)23(24(30-27(33)34)17-7-9-19(28)10-8-17)26-31-25(32-36-26)18-5-4-6-20(29)15-18/h4-15,24H,3H2,1-2H3,(H,30,34). The minimum absolute atomic E-state index is 0.150. The monoisotopic (exact) mass is 488 g/mol. The van der Waals surface area contributed by atoms with Crippen molar-refractivity contribution >= 4 is 17.3 Å². The molecule has 1 atom stereocenters. The van der Waals surface area contributed by atoms with Gasteiger partial charge in [0, 0.05) is 11.3 Å². The summed E-state index contributed by atoms with van der Waals surface area (Å²) in [5, 5.41) is 7.00. The van der Waals surface area contributed by atoms with E-state index in [1.807, 2.05) is 6.92 Å². The van der Waals surface area contributed by atoms with Gasteiger partial charge in [0.15, 0.2) is 0 Å². The van der Waals surface area contributed by atoms with Crippen LogP contribution in [-0.2, 0) is 0 Å². The number of hydrogen-bond acceptors (Lipinski definition) is 5. The summed E-state index contributed by atoms with van der Waals surface area (Å²) in [6.07, 6.45) is 0. The van der Waals surface area contributed by atoms with E-state index in [9.17, 15) is 13.6 Å². The minimum Gasteiger partial charge on any atom is -0.494 e. The number of carbonyl (C=O) groups is 1. The van der Waals surface area contributed by atoms with E-state index in [4.69, 9.17) is 9.26 Å². The molecule has 1 aromatic heterocycles. The zero-order valence-corrected chi connectivity index (χ0v) is 19.5. The van der Waals surface area contributed by atoms with Crippen LogP contribution in [0.5, 0.6) is 5.75 Å². The van der Waals surface area contributed by atoms with Crippen molar-refractivity contribution in [2.75, 3.05) is 11.5 Å². The van der Waals surface area contributed by atoms with Crippen LogP contribution >= 0.6 is 0 Å². The van der Waals surface area contributed by atoms with Crippen molar-refractivity contribution in [3.8, 4) is 17.1 Å². The fourth-order valence-corrected chi connectivity index (χ4v) is 4.17. The highest BCUT2D eigenvalue weighted by Crippen LogP contribution is 2.39. The molecule has 4 aromatic rings. The van der Waals surface area contributed by atoms with Crippen LogP contribution < -0.4 is 15.0 Å². The van der Waals surface area contributed by atoms with Gasteiger partial charge < -0.3 is 14.6 Å². The van der Waals surface area contributed by atoms with E-state index in [0.29, 0.717) is 40.4 Å². The van der Waals surface area contributed by atoms with Gasteiger partial charge in [0.25, 0.3) is 5.89 Å². The van der Waals surface area contributed by atoms with Gasteiger partial charge in [-0.1, -0.05) is 29.4 Å². The molecule has 1 aliphatic heterocycles. The zero-order valence-electron chi connectivity index (χ0n) is 19.5. The maximum Gasteiger partial charge on any atom is 0.326 e. The van der Waals surface area contributed by atoms with Gasteiger partial charge in [-0.15, -0.1) is 0 Å². The fraction of sp³-hybridized carbons (Fsp3) is 0.148. The Labute approximate surface area is 206 Å². The number of rotatable bonds is 6. The van der Waals surface area contributed by atoms with Gasteiger partial charge in [0.05, 0.1) is 23.9 Å². The van der Waals surface area contributed by atoms with Crippen LogP contribution in [0.3, 0.4) is 0 Å². The molecule has 0 saturated heterocycles. The molecule has 0 radical (unpaired) electrons. The molecule has 0 saturated carbocycles. The Morgan fingerprint density at radius 2 is 1.78 bits per heavy atom. The molecule has 182 valence electrons. The Morgan fingerprint density at radius 3 is 2.47 bits per heavy atom. The number of aromatic nitrogens is 2. The van der Waals surface area contributed by atoms with Crippen molar-refractivity contribution in [3.05, 3.63) is 102 Å². The summed E-state index contributed by atoms with van der Waals surface area (Å²) in [5.41, 5.74) is 2.77. The third kappa shape index (κ3) is 4.43. The minimum atomic E-state index is -0.683. The zero-order chi connectivity index (χ0) is 25.2. The number of carbonyl (C=O) groups excluding carboxylic acids is 1. The molecule has 0 fully saturated rings. The highest BCUT2D eigenvalue weighted by atomic mass is 19.1. The Hall–Kier alpha value is -4.53. The maximum absolute atomic E-state index is 13.8. The molecular formula is C27H22F2N4O3. The number of urea groups is 1. The number of hydrogen-bond donors (Lipinski definition) is 1. The van der Waals surface area contributed by atoms with E-state index in [2.05, 4.69) is 15.5 Å². The largest absolute Gasteiger partial charge is 0.494 e. The molecule has 7 nitrogen and oxygen atoms in total. The number of nitrogens with one attached hydrogen (secondary N) is 1. The molecule has 0 bridgehead atoms. The highest BCUT2D eigenvalue weighted by molar-refractivity contribution is 6.01. The average Bonchev–Trinajstić information content (AvgIpc) is 3.35. The Balaban J connectivity index is 1.62. The lowest BCUT2D eigenvalue weighted by Crippen LogP contribution is -2.46. The number of allylic oxidation sites excluding steroid dienone is 1. The maximum atomic E-state index is 13.8. The van der Waals surface area contributed by atoms with E-state index < -0.39 is 17.7 Å². The summed E-state index contributed by atoms with van der Waals surface area (Å²) in [4.78, 5) is 19.3. The Kier molecular flexibility index (Phi) is 6.20. The molecule has 1 N–H and O–H groups in total. The molecule has 2 amide bonds. The molecule has 36 heavy (non-hydrogen) atoms. The summed E-state index contributed by atoms with van der Waals surface area (Å²) in [7, 11) is 0. The topological polar surface area (TPSA) is 80.5 Å². The smallest absolute Gasteiger partial charge is 0.326 e. The van der Waals surface area contributed by atoms with Gasteiger partial charge in [-0.25, -0.2) is 13.6 Å². The Bertz CT molecular complexity index is 1430. The summed E-state index contributed by atoms with van der Waals surface area (Å²) in [5.74, 6) is 0.209. The quantitative estimate of drug-likeness (QED) is 0.354. The number of benzene rings is 3. The van der Waals surface area contributed by atoms with Gasteiger partial charge >= 0.3 is 6.03 Å². The second-order valence-corrected chi connectivity index (χ2v) is 8.13. The SMILES string of the molecule is CCOc1ccc(N2C(=O)NC(c3ccc(F)cc3)C(c3nc(-c4cccc(F)c4)no3)=C2C)cc1. The molecule has 2 heterocycles. The van der Waals surface area contributed by atoms with Gasteiger partial charge in [-0.3, -0.25) is 4.90 Å². The molecule has 1 aliphatic rings. The molecule has 0 spiro atoms. The summed E-state index contributed by atoms with van der Waals surface area (Å²) < 4.78 is 38.5. The van der Waals surface area contributed by atoms with Crippen LogP contribution in [0.15, 0.2) is 83.0 Å². The number of nitrogens with zero attached hydrogens (tertiary/aromatic N) is 3. The van der Waals surface area contributed by atoms with Crippen molar-refractivity contribution in [1.29, 1.82) is 0 Å². The predicted octanol–water partition coefficient (Wildman–Crippen LogP) is 6.12. The number of halogens is 2. The summed E-state index contributed by atoms with van der Waals surface area (Å²) in [6, 6.07) is 17.7. The van der Waals surface area contributed by atoms with Crippen molar-refractivity contribution in [2.45, 2.75) is 19.9 Å². The lowest BCUT2D eigenvalue weighted by Gasteiger charge is -2.35. The molecule has 3 aromatic carbocycles. The van der Waals surface area contributed by atoms with Crippen LogP contribution in [0.4, 0.5) is 19.3 Å². The molecule has 5 rings (SSSR count). The average molecular weight is 488 g/mol. The number of ether oxygens (including phenoxy) is 1. The van der Waals surface area contributed by atoms with E-state index in [1.165, 1.54) is 29.2 Å². The van der Waals surface area contributed by atoms with Crippen molar-refractivity contribution in [3.63, 3.8) is 0 Å². The normalized spacial score (nSPS) is 15.7. The molecule has 9 heteroatoms. The lowest BCUT2D eigenvalue weighted by atomic mass is 9.94. The number of amides is 2. The highest BCUT2D eigenvalue weighted by Gasteiger charge is 2.36. The second-order valence-electron chi connectivity index (χ2n) is 8.13. The predicted molar refractivity (Wildman–Crippen MR) is 130 cm³/mol. The van der Waals surface area contributed by atoms with Crippen LogP contribution in [0.25, 0.3) is 17.0 Å². The third-order valence-electron chi connectivity index (χ3n) is 5.83. The second kappa shape index (κ2) is 9.61. The fourth-order valence-electron chi connectivity index (χ4n) is 4.17. The van der Waals surface area contributed by atoms with Gasteiger partial charge in [-0.2, -0.15) is 4.98 Å². The van der Waals surface area contributed by atoms with Gasteiger partial charge in [-0.05, 0) is 67.9 Å². The first-order chi connectivity index (χ1) is 17.4. The van der Waals surface area contributed by atoms with Crippen LogP contribution in [0, 0.1) is 11.6 Å². The van der Waals surface area contributed by atoms with Crippen LogP contribution in [-0.4, -0.2) is 22.8 Å². The first kappa shape index (κ1) is 23.2. The Morgan fingerprint density at radius 1 is 1.03 bits per heavy atom. The van der Waals surface area contributed by atoms with E-state index in [0.717, 1.165) is 0 Å². The van der Waals surface area contributed by atoms with Crippen LogP contribution in [0.1, 0.15) is 31.3 Å². The number of anilines is 1. The molecule has 1 unspecified atom stereocenters. The van der Waals surface area contributed by atoms with E-state index >= 15 is 0 Å². The van der Waals surface area contributed by atoms with E-state index in [-0.39, 0.29) is 17.7 Å². The lowest BCUT2D eigenvalue weighted by molar-refractivity contribution is 0.244. The van der Waals surface area contributed by atoms with Crippen molar-refractivity contribution in [1.82, 2.24) is 15.5 Å². The third-order valence-corrected chi connectivity index (χ3v) is 5.83.